The second kappa shape index (κ2) is 8.82. The van der Waals surface area contributed by atoms with Gasteiger partial charge in [-0.1, -0.05) is 17.3 Å². The summed E-state index contributed by atoms with van der Waals surface area (Å²) in [5.41, 5.74) is 0.958. The third-order valence-electron chi connectivity index (χ3n) is 5.24. The molecule has 1 aliphatic rings. The number of hydrogen-bond donors (Lipinski definition) is 1. The monoisotopic (exact) mass is 448 g/mol. The molecule has 33 heavy (non-hydrogen) atoms. The summed E-state index contributed by atoms with van der Waals surface area (Å²) in [6.45, 7) is 5.52. The maximum Gasteiger partial charge on any atom is 0.301 e. The molecule has 8 heteroatoms. The number of hydrogen-bond acceptors (Lipinski definition) is 7. The van der Waals surface area contributed by atoms with Crippen LogP contribution in [0.3, 0.4) is 0 Å². The fourth-order valence-corrected chi connectivity index (χ4v) is 3.76. The molecule has 2 heterocycles. The summed E-state index contributed by atoms with van der Waals surface area (Å²) in [5, 5.41) is 15.1. The minimum absolute atomic E-state index is 0.00393. The molecular weight excluding hydrogens is 424 g/mol. The van der Waals surface area contributed by atoms with Gasteiger partial charge in [-0.25, -0.2) is 0 Å². The third kappa shape index (κ3) is 4.19. The molecule has 1 atom stereocenters. The number of nitrogens with zero attached hydrogens (tertiary/aromatic N) is 2. The van der Waals surface area contributed by atoms with Crippen molar-refractivity contribution in [1.82, 2.24) is 5.16 Å². The Labute approximate surface area is 191 Å². The highest BCUT2D eigenvalue weighted by atomic mass is 16.5. The van der Waals surface area contributed by atoms with E-state index in [1.54, 1.807) is 68.6 Å². The number of ketones is 1. The Hall–Kier alpha value is -4.07. The van der Waals surface area contributed by atoms with Gasteiger partial charge in [0, 0.05) is 11.6 Å². The predicted octanol–water partition coefficient (Wildman–Crippen LogP) is 4.41. The van der Waals surface area contributed by atoms with Gasteiger partial charge in [0.15, 0.2) is 5.82 Å². The van der Waals surface area contributed by atoms with Gasteiger partial charge in [0.1, 0.15) is 23.0 Å². The molecule has 1 amide bonds. The van der Waals surface area contributed by atoms with Crippen LogP contribution < -0.4 is 14.4 Å². The summed E-state index contributed by atoms with van der Waals surface area (Å²) in [6.07, 6.45) is -0.00393. The van der Waals surface area contributed by atoms with Crippen LogP contribution in [0.25, 0.3) is 5.76 Å². The zero-order valence-corrected chi connectivity index (χ0v) is 18.7. The van der Waals surface area contributed by atoms with Crippen LogP contribution in [-0.2, 0) is 9.59 Å². The van der Waals surface area contributed by atoms with E-state index in [1.165, 1.54) is 4.90 Å². The highest BCUT2D eigenvalue weighted by Crippen LogP contribution is 2.42. The summed E-state index contributed by atoms with van der Waals surface area (Å²) in [6, 6.07) is 14.3. The Kier molecular flexibility index (Phi) is 5.91. The zero-order chi connectivity index (χ0) is 23.7. The smallest absolute Gasteiger partial charge is 0.301 e. The predicted molar refractivity (Wildman–Crippen MR) is 121 cm³/mol. The standard InChI is InChI=1S/C25H24N2O6/c1-14(2)32-19-11-7-17(8-12-19)23(28)21-22(16-5-9-18(31-4)10-6-16)27(25(30)24(21)29)20-13-15(3)33-26-20/h5-14,22,28H,1-4H3/b23-21+/t22-/m1/s1. The molecule has 0 saturated carbocycles. The Morgan fingerprint density at radius 1 is 1.06 bits per heavy atom. The van der Waals surface area contributed by atoms with Gasteiger partial charge < -0.3 is 19.1 Å². The number of anilines is 1. The van der Waals surface area contributed by atoms with Gasteiger partial charge in [-0.05, 0) is 62.7 Å². The molecule has 0 bridgehead atoms. The zero-order valence-electron chi connectivity index (χ0n) is 18.7. The third-order valence-corrected chi connectivity index (χ3v) is 5.24. The van der Waals surface area contributed by atoms with E-state index in [2.05, 4.69) is 5.16 Å². The van der Waals surface area contributed by atoms with Crippen LogP contribution in [0.1, 0.15) is 36.8 Å². The number of aliphatic hydroxyl groups excluding tert-OH is 1. The number of amides is 1. The lowest BCUT2D eigenvalue weighted by atomic mass is 9.95. The van der Waals surface area contributed by atoms with E-state index in [-0.39, 0.29) is 23.3 Å². The largest absolute Gasteiger partial charge is 0.507 e. The average molecular weight is 448 g/mol. The van der Waals surface area contributed by atoms with Crippen LogP contribution in [0, 0.1) is 6.92 Å². The van der Waals surface area contributed by atoms with Crippen molar-refractivity contribution in [2.24, 2.45) is 0 Å². The van der Waals surface area contributed by atoms with Gasteiger partial charge in [0.2, 0.25) is 0 Å². The van der Waals surface area contributed by atoms with Crippen molar-refractivity contribution < 1.29 is 28.7 Å². The average Bonchev–Trinajstić information content (AvgIpc) is 3.34. The first kappa shape index (κ1) is 22.1. The number of aryl methyl sites for hydroxylation is 1. The number of carbonyl (C=O) groups excluding carboxylic acids is 2. The summed E-state index contributed by atoms with van der Waals surface area (Å²) >= 11 is 0. The molecular formula is C25H24N2O6. The maximum absolute atomic E-state index is 13.1. The molecule has 1 fully saturated rings. The van der Waals surface area contributed by atoms with E-state index in [0.717, 1.165) is 0 Å². The van der Waals surface area contributed by atoms with Crippen molar-refractivity contribution in [1.29, 1.82) is 0 Å². The Bertz CT molecular complexity index is 1210. The van der Waals surface area contributed by atoms with E-state index in [9.17, 15) is 14.7 Å². The number of ether oxygens (including phenoxy) is 2. The normalized spacial score (nSPS) is 17.6. The Morgan fingerprint density at radius 2 is 1.70 bits per heavy atom. The first-order valence-corrected chi connectivity index (χ1v) is 10.5. The minimum Gasteiger partial charge on any atom is -0.507 e. The molecule has 0 radical (unpaired) electrons. The second-order valence-corrected chi connectivity index (χ2v) is 7.93. The molecule has 170 valence electrons. The molecule has 1 aromatic heterocycles. The van der Waals surface area contributed by atoms with Gasteiger partial charge in [-0.3, -0.25) is 14.5 Å². The van der Waals surface area contributed by atoms with Gasteiger partial charge in [-0.15, -0.1) is 0 Å². The van der Waals surface area contributed by atoms with Crippen molar-refractivity contribution in [3.05, 3.63) is 77.1 Å². The van der Waals surface area contributed by atoms with Gasteiger partial charge in [0.25, 0.3) is 5.78 Å². The lowest BCUT2D eigenvalue weighted by Crippen LogP contribution is -2.29. The number of rotatable bonds is 6. The second-order valence-electron chi connectivity index (χ2n) is 7.93. The summed E-state index contributed by atoms with van der Waals surface area (Å²) in [7, 11) is 1.55. The van der Waals surface area contributed by atoms with E-state index in [4.69, 9.17) is 14.0 Å². The van der Waals surface area contributed by atoms with E-state index in [0.29, 0.717) is 28.4 Å². The quantitative estimate of drug-likeness (QED) is 0.339. The molecule has 0 unspecified atom stereocenters. The molecule has 2 aromatic carbocycles. The van der Waals surface area contributed by atoms with Crippen molar-refractivity contribution in [2.45, 2.75) is 32.9 Å². The Morgan fingerprint density at radius 3 is 2.24 bits per heavy atom. The van der Waals surface area contributed by atoms with Crippen LogP contribution in [0.15, 0.2) is 64.7 Å². The molecule has 0 spiro atoms. The first-order chi connectivity index (χ1) is 15.8. The van der Waals surface area contributed by atoms with Crippen LogP contribution in [0.2, 0.25) is 0 Å². The molecule has 3 aromatic rings. The molecule has 0 aliphatic carbocycles. The fraction of sp³-hybridized carbons (Fsp3) is 0.240. The van der Waals surface area contributed by atoms with Crippen molar-refractivity contribution in [2.75, 3.05) is 12.0 Å². The van der Waals surface area contributed by atoms with Crippen LogP contribution in [-0.4, -0.2) is 35.2 Å². The highest BCUT2D eigenvalue weighted by Gasteiger charge is 2.48. The lowest BCUT2D eigenvalue weighted by Gasteiger charge is -2.23. The molecule has 1 aliphatic heterocycles. The van der Waals surface area contributed by atoms with Gasteiger partial charge >= 0.3 is 5.91 Å². The topological polar surface area (TPSA) is 102 Å². The number of methoxy groups -OCH3 is 1. The fourth-order valence-electron chi connectivity index (χ4n) is 3.76. The van der Waals surface area contributed by atoms with Crippen LogP contribution >= 0.6 is 0 Å². The number of carbonyl (C=O) groups is 2. The maximum atomic E-state index is 13.1. The number of Topliss-reactive ketones (excluding diaryl/α,β-unsaturated/α-hetero) is 1. The minimum atomic E-state index is -0.896. The van der Waals surface area contributed by atoms with Gasteiger partial charge in [-0.2, -0.15) is 0 Å². The van der Waals surface area contributed by atoms with Crippen LogP contribution in [0.5, 0.6) is 11.5 Å². The molecule has 1 N–H and O–H groups in total. The summed E-state index contributed by atoms with van der Waals surface area (Å²) < 4.78 is 16.0. The van der Waals surface area contributed by atoms with Crippen molar-refractivity contribution in [3.63, 3.8) is 0 Å². The number of benzene rings is 2. The van der Waals surface area contributed by atoms with Gasteiger partial charge in [0.05, 0.1) is 24.8 Å². The molecule has 4 rings (SSSR count). The highest BCUT2D eigenvalue weighted by molar-refractivity contribution is 6.51. The summed E-state index contributed by atoms with van der Waals surface area (Å²) in [5.74, 6) is 0.0339. The molecule has 1 saturated heterocycles. The number of aromatic nitrogens is 1. The Balaban J connectivity index is 1.84. The molecule has 8 nitrogen and oxygen atoms in total. The van der Waals surface area contributed by atoms with Crippen LogP contribution in [0.4, 0.5) is 5.82 Å². The lowest BCUT2D eigenvalue weighted by molar-refractivity contribution is -0.132. The van der Waals surface area contributed by atoms with E-state index < -0.39 is 17.7 Å². The SMILES string of the molecule is COc1ccc([C@@H]2/C(=C(\O)c3ccc(OC(C)C)cc3)C(=O)C(=O)N2c2cc(C)on2)cc1. The van der Waals surface area contributed by atoms with E-state index in [1.807, 2.05) is 13.8 Å². The van der Waals surface area contributed by atoms with Crippen molar-refractivity contribution in [3.8, 4) is 11.5 Å². The summed E-state index contributed by atoms with van der Waals surface area (Å²) in [4.78, 5) is 27.4. The van der Waals surface area contributed by atoms with E-state index >= 15 is 0 Å². The first-order valence-electron chi connectivity index (χ1n) is 10.5. The number of aliphatic hydroxyl groups is 1. The van der Waals surface area contributed by atoms with Crippen molar-refractivity contribution >= 4 is 23.3 Å².